The lowest BCUT2D eigenvalue weighted by atomic mass is 10.1. The summed E-state index contributed by atoms with van der Waals surface area (Å²) in [6.07, 6.45) is 0. The summed E-state index contributed by atoms with van der Waals surface area (Å²) in [5.74, 6) is 2.82. The van der Waals surface area contributed by atoms with Crippen LogP contribution in [0.3, 0.4) is 0 Å². The molecule has 0 spiro atoms. The third-order valence-corrected chi connectivity index (χ3v) is 5.37. The van der Waals surface area contributed by atoms with Crippen molar-refractivity contribution in [2.45, 2.75) is 11.9 Å². The summed E-state index contributed by atoms with van der Waals surface area (Å²) in [6, 6.07) is 13.5. The van der Waals surface area contributed by atoms with E-state index in [0.717, 1.165) is 28.4 Å². The van der Waals surface area contributed by atoms with Gasteiger partial charge >= 0.3 is 0 Å². The second-order valence-electron chi connectivity index (χ2n) is 5.68. The monoisotopic (exact) mass is 359 g/mol. The van der Waals surface area contributed by atoms with Gasteiger partial charge < -0.3 is 19.1 Å². The Bertz CT molecular complexity index is 743. The molecule has 0 N–H and O–H groups in total. The Kier molecular flexibility index (Phi) is 5.38. The summed E-state index contributed by atoms with van der Waals surface area (Å²) in [5.41, 5.74) is 2.03. The van der Waals surface area contributed by atoms with Gasteiger partial charge in [-0.25, -0.2) is 0 Å². The summed E-state index contributed by atoms with van der Waals surface area (Å²) in [5, 5.41) is -0.0669. The second-order valence-corrected chi connectivity index (χ2v) is 6.75. The molecule has 0 bridgehead atoms. The van der Waals surface area contributed by atoms with Gasteiger partial charge in [0.05, 0.1) is 27.1 Å². The average Bonchev–Trinajstić information content (AvgIpc) is 3.02. The number of methoxy groups -OCH3 is 3. The fourth-order valence-corrected chi connectivity index (χ4v) is 4.01. The molecule has 1 amide bonds. The van der Waals surface area contributed by atoms with Crippen LogP contribution in [0.4, 0.5) is 0 Å². The molecule has 1 heterocycles. The van der Waals surface area contributed by atoms with Gasteiger partial charge in [-0.1, -0.05) is 12.1 Å². The molecule has 0 saturated carbocycles. The van der Waals surface area contributed by atoms with Crippen LogP contribution in [0.2, 0.25) is 0 Å². The molecule has 0 radical (unpaired) electrons. The average molecular weight is 359 g/mol. The number of hydrogen-bond acceptors (Lipinski definition) is 5. The van der Waals surface area contributed by atoms with Gasteiger partial charge in [-0.2, -0.15) is 0 Å². The molecular formula is C19H21NO4S. The molecule has 2 aromatic carbocycles. The number of carbonyl (C=O) groups excluding carboxylic acids is 1. The SMILES string of the molecule is COc1cccc(CN2C(=O)CSC2c2cc(OC)cc(OC)c2)c1. The zero-order chi connectivity index (χ0) is 17.8. The van der Waals surface area contributed by atoms with E-state index in [-0.39, 0.29) is 11.3 Å². The zero-order valence-electron chi connectivity index (χ0n) is 14.5. The molecule has 1 aliphatic heterocycles. The number of thioether (sulfide) groups is 1. The molecule has 0 aromatic heterocycles. The van der Waals surface area contributed by atoms with Crippen LogP contribution in [0, 0.1) is 0 Å². The van der Waals surface area contributed by atoms with Crippen molar-refractivity contribution < 1.29 is 19.0 Å². The van der Waals surface area contributed by atoms with Crippen molar-refractivity contribution in [2.24, 2.45) is 0 Å². The van der Waals surface area contributed by atoms with Crippen molar-refractivity contribution in [3.05, 3.63) is 53.6 Å². The zero-order valence-corrected chi connectivity index (χ0v) is 15.3. The van der Waals surface area contributed by atoms with Crippen LogP contribution in [0.5, 0.6) is 17.2 Å². The molecule has 1 fully saturated rings. The molecule has 3 rings (SSSR count). The van der Waals surface area contributed by atoms with Gasteiger partial charge in [-0.3, -0.25) is 4.79 Å². The highest BCUT2D eigenvalue weighted by Gasteiger charge is 2.33. The first-order chi connectivity index (χ1) is 12.1. The van der Waals surface area contributed by atoms with Gasteiger partial charge in [-0.05, 0) is 35.4 Å². The van der Waals surface area contributed by atoms with Crippen molar-refractivity contribution >= 4 is 17.7 Å². The summed E-state index contributed by atoms with van der Waals surface area (Å²) in [4.78, 5) is 14.3. The van der Waals surface area contributed by atoms with Crippen LogP contribution in [0.25, 0.3) is 0 Å². The van der Waals surface area contributed by atoms with Crippen molar-refractivity contribution in [1.82, 2.24) is 4.90 Å². The number of rotatable bonds is 6. The second kappa shape index (κ2) is 7.70. The number of benzene rings is 2. The Morgan fingerprint density at radius 3 is 2.32 bits per heavy atom. The summed E-state index contributed by atoms with van der Waals surface area (Å²) in [6.45, 7) is 0.535. The number of nitrogens with zero attached hydrogens (tertiary/aromatic N) is 1. The van der Waals surface area contributed by atoms with Crippen LogP contribution < -0.4 is 14.2 Å². The van der Waals surface area contributed by atoms with E-state index in [1.54, 1.807) is 33.1 Å². The Morgan fingerprint density at radius 2 is 1.68 bits per heavy atom. The quantitative estimate of drug-likeness (QED) is 0.790. The van der Waals surface area contributed by atoms with E-state index in [0.29, 0.717) is 12.3 Å². The number of hydrogen-bond donors (Lipinski definition) is 0. The summed E-state index contributed by atoms with van der Waals surface area (Å²) < 4.78 is 16.0. The minimum absolute atomic E-state index is 0.0669. The lowest BCUT2D eigenvalue weighted by molar-refractivity contribution is -0.128. The van der Waals surface area contributed by atoms with Gasteiger partial charge in [0.1, 0.15) is 22.6 Å². The van der Waals surface area contributed by atoms with E-state index in [4.69, 9.17) is 14.2 Å². The topological polar surface area (TPSA) is 48.0 Å². The molecule has 1 saturated heterocycles. The normalized spacial score (nSPS) is 16.8. The van der Waals surface area contributed by atoms with E-state index < -0.39 is 0 Å². The van der Waals surface area contributed by atoms with E-state index in [9.17, 15) is 4.79 Å². The van der Waals surface area contributed by atoms with Crippen molar-refractivity contribution in [3.63, 3.8) is 0 Å². The smallest absolute Gasteiger partial charge is 0.234 e. The van der Waals surface area contributed by atoms with Gasteiger partial charge in [0.15, 0.2) is 0 Å². The largest absolute Gasteiger partial charge is 0.497 e. The minimum atomic E-state index is -0.0669. The summed E-state index contributed by atoms with van der Waals surface area (Å²) >= 11 is 1.61. The maximum Gasteiger partial charge on any atom is 0.234 e. The van der Waals surface area contributed by atoms with Crippen LogP contribution in [0.1, 0.15) is 16.5 Å². The fraction of sp³-hybridized carbons (Fsp3) is 0.316. The Morgan fingerprint density at radius 1 is 1.00 bits per heavy atom. The molecule has 132 valence electrons. The van der Waals surface area contributed by atoms with Crippen molar-refractivity contribution in [2.75, 3.05) is 27.1 Å². The number of amides is 1. The van der Waals surface area contributed by atoms with E-state index in [2.05, 4.69) is 0 Å². The minimum Gasteiger partial charge on any atom is -0.497 e. The molecule has 1 atom stereocenters. The molecular weight excluding hydrogens is 338 g/mol. The van der Waals surface area contributed by atoms with Gasteiger partial charge in [0, 0.05) is 12.6 Å². The van der Waals surface area contributed by atoms with Crippen molar-refractivity contribution in [3.8, 4) is 17.2 Å². The highest BCUT2D eigenvalue weighted by atomic mass is 32.2. The highest BCUT2D eigenvalue weighted by molar-refractivity contribution is 8.00. The first kappa shape index (κ1) is 17.5. The van der Waals surface area contributed by atoms with E-state index in [1.807, 2.05) is 47.4 Å². The predicted octanol–water partition coefficient (Wildman–Crippen LogP) is 3.49. The summed E-state index contributed by atoms with van der Waals surface area (Å²) in [7, 11) is 4.89. The Balaban J connectivity index is 1.89. The lowest BCUT2D eigenvalue weighted by Gasteiger charge is -2.25. The van der Waals surface area contributed by atoms with Crippen LogP contribution in [0.15, 0.2) is 42.5 Å². The Labute approximate surface area is 151 Å². The molecule has 1 unspecified atom stereocenters. The molecule has 25 heavy (non-hydrogen) atoms. The fourth-order valence-electron chi connectivity index (χ4n) is 2.84. The molecule has 0 aliphatic carbocycles. The molecule has 6 heteroatoms. The van der Waals surface area contributed by atoms with E-state index in [1.165, 1.54) is 0 Å². The third-order valence-electron chi connectivity index (χ3n) is 4.11. The maximum absolute atomic E-state index is 12.4. The molecule has 5 nitrogen and oxygen atoms in total. The van der Waals surface area contributed by atoms with Crippen molar-refractivity contribution in [1.29, 1.82) is 0 Å². The maximum atomic E-state index is 12.4. The van der Waals surface area contributed by atoms with Gasteiger partial charge in [0.25, 0.3) is 0 Å². The predicted molar refractivity (Wildman–Crippen MR) is 98.3 cm³/mol. The number of carbonyl (C=O) groups is 1. The van der Waals surface area contributed by atoms with E-state index >= 15 is 0 Å². The highest BCUT2D eigenvalue weighted by Crippen LogP contribution is 2.42. The van der Waals surface area contributed by atoms with Crippen LogP contribution >= 0.6 is 11.8 Å². The number of ether oxygens (including phenoxy) is 3. The molecule has 2 aromatic rings. The standard InChI is InChI=1S/C19H21NO4S/c1-22-15-6-4-5-13(7-15)11-20-18(21)12-25-19(20)14-8-16(23-2)10-17(9-14)24-3/h4-10,19H,11-12H2,1-3H3. The third kappa shape index (κ3) is 3.85. The van der Waals surface area contributed by atoms with Crippen LogP contribution in [-0.2, 0) is 11.3 Å². The van der Waals surface area contributed by atoms with Crippen LogP contribution in [-0.4, -0.2) is 37.9 Å². The van der Waals surface area contributed by atoms with Gasteiger partial charge in [-0.15, -0.1) is 11.8 Å². The van der Waals surface area contributed by atoms with Gasteiger partial charge in [0.2, 0.25) is 5.91 Å². The lowest BCUT2D eigenvalue weighted by Crippen LogP contribution is -2.27. The first-order valence-corrected chi connectivity index (χ1v) is 8.96. The molecule has 1 aliphatic rings. The Hall–Kier alpha value is -2.34. The first-order valence-electron chi connectivity index (χ1n) is 7.91.